The van der Waals surface area contributed by atoms with Crippen molar-refractivity contribution >= 4 is 11.8 Å². The Morgan fingerprint density at radius 3 is 2.72 bits per heavy atom. The molecule has 0 saturated carbocycles. The van der Waals surface area contributed by atoms with Crippen LogP contribution in [0.1, 0.15) is 55.4 Å². The van der Waals surface area contributed by atoms with E-state index in [1.807, 2.05) is 30.5 Å². The summed E-state index contributed by atoms with van der Waals surface area (Å²) in [7, 11) is 0. The first-order valence-electron chi connectivity index (χ1n) is 10.5. The minimum atomic E-state index is -0.0358. The Bertz CT molecular complexity index is 971. The Morgan fingerprint density at radius 2 is 1.90 bits per heavy atom. The summed E-state index contributed by atoms with van der Waals surface area (Å²) in [5.41, 5.74) is 14.8. The molecule has 1 aliphatic carbocycles. The number of ether oxygens (including phenoxy) is 1. The zero-order chi connectivity index (χ0) is 20.0. The average Bonchev–Trinajstić information content (AvgIpc) is 2.99. The number of nitrogen functional groups attached to an aromatic ring is 1. The van der Waals surface area contributed by atoms with E-state index >= 15 is 0 Å². The summed E-state index contributed by atoms with van der Waals surface area (Å²) in [5, 5.41) is 8.83. The molecular formula is C23H28N5O+. The number of anilines is 1. The third-order valence-electron chi connectivity index (χ3n) is 6.50. The quantitative estimate of drug-likeness (QED) is 0.318. The number of hydrogen-bond donors (Lipinski definition) is 3. The summed E-state index contributed by atoms with van der Waals surface area (Å²) in [6.45, 7) is 0. The van der Waals surface area contributed by atoms with Gasteiger partial charge < -0.3 is 16.2 Å². The van der Waals surface area contributed by atoms with Gasteiger partial charge >= 0.3 is 5.96 Å². The first kappa shape index (κ1) is 18.2. The van der Waals surface area contributed by atoms with Crippen molar-refractivity contribution < 1.29 is 9.30 Å². The maximum absolute atomic E-state index is 8.83. The number of benzene rings is 1. The molecule has 6 nitrogen and oxygen atoms in total. The van der Waals surface area contributed by atoms with E-state index in [9.17, 15) is 0 Å². The standard InChI is InChI=1S/C23H27N5O/c24-20-11-12-21(19-7-2-1-6-18(19)20)29-17-10-13-22(25)27(14-17)23(26)28-15-4-3-5-16(28)9-8-15/h1-4,6-7,10,13-16,20-21,25-26H,5,8-9,11-12,24H2/p+1/t15?,16?,20-,21?/m0/s1. The summed E-state index contributed by atoms with van der Waals surface area (Å²) in [6.07, 6.45) is 11.3. The van der Waals surface area contributed by atoms with Gasteiger partial charge in [-0.05, 0) is 49.3 Å². The van der Waals surface area contributed by atoms with Crippen molar-refractivity contribution in [2.24, 2.45) is 5.73 Å². The van der Waals surface area contributed by atoms with Crippen LogP contribution in [0.25, 0.3) is 0 Å². The summed E-state index contributed by atoms with van der Waals surface area (Å²) >= 11 is 0. The van der Waals surface area contributed by atoms with Crippen LogP contribution in [0, 0.1) is 5.41 Å². The van der Waals surface area contributed by atoms with E-state index in [4.69, 9.17) is 21.6 Å². The molecule has 0 amide bonds. The lowest BCUT2D eigenvalue weighted by Gasteiger charge is -2.30. The Hall–Kier alpha value is -2.86. The van der Waals surface area contributed by atoms with E-state index in [2.05, 4.69) is 29.2 Å². The van der Waals surface area contributed by atoms with E-state index < -0.39 is 0 Å². The number of pyridine rings is 1. The largest absolute Gasteiger partial charge is 0.483 e. The van der Waals surface area contributed by atoms with Crippen LogP contribution in [-0.4, -0.2) is 22.9 Å². The van der Waals surface area contributed by atoms with Crippen molar-refractivity contribution in [2.45, 2.75) is 56.3 Å². The monoisotopic (exact) mass is 390 g/mol. The van der Waals surface area contributed by atoms with E-state index in [-0.39, 0.29) is 12.1 Å². The highest BCUT2D eigenvalue weighted by Gasteiger charge is 2.40. The van der Waals surface area contributed by atoms with Gasteiger partial charge in [-0.3, -0.25) is 4.90 Å². The van der Waals surface area contributed by atoms with Crippen LogP contribution in [0.3, 0.4) is 0 Å². The average molecular weight is 391 g/mol. The van der Waals surface area contributed by atoms with E-state index in [0.717, 1.165) is 49.0 Å². The van der Waals surface area contributed by atoms with Gasteiger partial charge in [-0.15, -0.1) is 0 Å². The van der Waals surface area contributed by atoms with Gasteiger partial charge in [0, 0.05) is 12.1 Å². The van der Waals surface area contributed by atoms with Crippen molar-refractivity contribution in [1.82, 2.24) is 4.90 Å². The highest BCUT2D eigenvalue weighted by Crippen LogP contribution is 2.37. The minimum Gasteiger partial charge on any atom is -0.483 e. The van der Waals surface area contributed by atoms with E-state index in [1.165, 1.54) is 0 Å². The third-order valence-corrected chi connectivity index (χ3v) is 6.50. The number of hydrogen-bond acceptors (Lipinski definition) is 4. The molecule has 3 unspecified atom stereocenters. The molecule has 1 aromatic carbocycles. The van der Waals surface area contributed by atoms with Crippen LogP contribution in [0.4, 0.5) is 5.82 Å². The van der Waals surface area contributed by atoms with Crippen LogP contribution in [0.5, 0.6) is 5.75 Å². The Labute approximate surface area is 171 Å². The summed E-state index contributed by atoms with van der Waals surface area (Å²) in [5.74, 6) is 1.69. The smallest absolute Gasteiger partial charge is 0.347 e. The molecule has 3 aliphatic rings. The topological polar surface area (TPSA) is 92.2 Å². The molecular weight excluding hydrogens is 362 g/mol. The molecule has 1 fully saturated rings. The van der Waals surface area contributed by atoms with Crippen molar-refractivity contribution in [1.29, 1.82) is 5.41 Å². The van der Waals surface area contributed by atoms with Crippen molar-refractivity contribution in [3.63, 3.8) is 0 Å². The zero-order valence-corrected chi connectivity index (χ0v) is 16.5. The first-order valence-corrected chi connectivity index (χ1v) is 10.5. The molecule has 2 aliphatic heterocycles. The van der Waals surface area contributed by atoms with Gasteiger partial charge in [0.1, 0.15) is 18.1 Å². The van der Waals surface area contributed by atoms with Crippen molar-refractivity contribution in [2.75, 3.05) is 5.73 Å². The molecule has 1 aromatic heterocycles. The van der Waals surface area contributed by atoms with Crippen LogP contribution in [0.15, 0.2) is 54.7 Å². The molecule has 2 bridgehead atoms. The normalized spacial score (nSPS) is 27.6. The van der Waals surface area contributed by atoms with Crippen LogP contribution < -0.4 is 20.8 Å². The highest BCUT2D eigenvalue weighted by atomic mass is 16.5. The number of nitrogens with zero attached hydrogens (tertiary/aromatic N) is 2. The van der Waals surface area contributed by atoms with Crippen molar-refractivity contribution in [3.8, 4) is 5.75 Å². The lowest BCUT2D eigenvalue weighted by molar-refractivity contribution is -0.552. The van der Waals surface area contributed by atoms with Gasteiger partial charge in [0.25, 0.3) is 0 Å². The second kappa shape index (κ2) is 7.19. The fourth-order valence-corrected chi connectivity index (χ4v) is 5.00. The van der Waals surface area contributed by atoms with Gasteiger partial charge in [0.05, 0.1) is 12.1 Å². The van der Waals surface area contributed by atoms with Crippen LogP contribution in [0.2, 0.25) is 0 Å². The molecule has 3 heterocycles. The summed E-state index contributed by atoms with van der Waals surface area (Å²) in [6, 6.07) is 12.7. The summed E-state index contributed by atoms with van der Waals surface area (Å²) < 4.78 is 8.12. The molecule has 0 spiro atoms. The SMILES string of the molecule is N=C(N1C2C=CCC1CC2)[n+]1cc(OC2CC[C@H](N)c3ccccc32)ccc1N. The maximum Gasteiger partial charge on any atom is 0.347 e. The molecule has 4 atom stereocenters. The Kier molecular flexibility index (Phi) is 4.51. The van der Waals surface area contributed by atoms with Crippen LogP contribution in [-0.2, 0) is 0 Å². The van der Waals surface area contributed by atoms with E-state index in [0.29, 0.717) is 23.9 Å². The molecule has 0 radical (unpaired) electrons. The molecule has 29 heavy (non-hydrogen) atoms. The predicted octanol–water partition coefficient (Wildman–Crippen LogP) is 3.05. The lowest BCUT2D eigenvalue weighted by Crippen LogP contribution is -2.58. The third kappa shape index (κ3) is 3.17. The first-order chi connectivity index (χ1) is 14.1. The Balaban J connectivity index is 1.41. The molecule has 6 heteroatoms. The molecule has 5 N–H and O–H groups in total. The predicted molar refractivity (Wildman–Crippen MR) is 113 cm³/mol. The number of aromatic nitrogens is 1. The molecule has 1 saturated heterocycles. The molecule has 150 valence electrons. The van der Waals surface area contributed by atoms with Gasteiger partial charge in [0.2, 0.25) is 0 Å². The number of fused-ring (bicyclic) bond motifs is 3. The lowest BCUT2D eigenvalue weighted by atomic mass is 9.86. The number of nitrogens with one attached hydrogen (secondary N) is 1. The zero-order valence-electron chi connectivity index (χ0n) is 16.5. The number of rotatable bonds is 2. The minimum absolute atomic E-state index is 0.0358. The van der Waals surface area contributed by atoms with Crippen LogP contribution >= 0.6 is 0 Å². The number of nitrogens with two attached hydrogens (primary N) is 2. The fourth-order valence-electron chi connectivity index (χ4n) is 5.00. The Morgan fingerprint density at radius 1 is 1.07 bits per heavy atom. The second-order valence-electron chi connectivity index (χ2n) is 8.27. The maximum atomic E-state index is 8.83. The molecule has 2 aromatic rings. The highest BCUT2D eigenvalue weighted by molar-refractivity contribution is 5.71. The fraction of sp³-hybridized carbons (Fsp3) is 0.391. The van der Waals surface area contributed by atoms with Crippen molar-refractivity contribution in [3.05, 3.63) is 65.9 Å². The van der Waals surface area contributed by atoms with E-state index in [1.54, 1.807) is 4.57 Å². The van der Waals surface area contributed by atoms with Gasteiger partial charge in [0.15, 0.2) is 5.82 Å². The van der Waals surface area contributed by atoms with Gasteiger partial charge in [-0.25, -0.2) is 0 Å². The summed E-state index contributed by atoms with van der Waals surface area (Å²) in [4.78, 5) is 2.19. The second-order valence-corrected chi connectivity index (χ2v) is 8.27. The van der Waals surface area contributed by atoms with Gasteiger partial charge in [-0.1, -0.05) is 36.4 Å². The van der Waals surface area contributed by atoms with Gasteiger partial charge in [-0.2, -0.15) is 9.98 Å². The molecule has 5 rings (SSSR count).